The molecule has 0 aliphatic carbocycles. The number of carbonyl (C=O) groups excluding carboxylic acids is 3. The van der Waals surface area contributed by atoms with E-state index in [0.29, 0.717) is 0 Å². The minimum atomic E-state index is -5.12. The summed E-state index contributed by atoms with van der Waals surface area (Å²) in [5.41, 5.74) is -0.452. The minimum absolute atomic E-state index is 0. The number of hydrogen-bond donors (Lipinski definition) is 4. The van der Waals surface area contributed by atoms with Crippen molar-refractivity contribution in [2.75, 3.05) is 21.3 Å². The zero-order valence-electron chi connectivity index (χ0n) is 32.6. The molecule has 6 aromatic rings. The zero-order valence-corrected chi connectivity index (χ0v) is 43.9. The largest absolute Gasteiger partial charge is 1.00 e. The second kappa shape index (κ2) is 21.8. The molecule has 19 nitrogen and oxygen atoms in total. The number of fused-ring (bicyclic) bond motifs is 2. The maximum Gasteiger partial charge on any atom is 1.00 e. The van der Waals surface area contributed by atoms with Crippen LogP contribution in [0, 0.1) is 0 Å². The summed E-state index contributed by atoms with van der Waals surface area (Å²) in [5, 5.41) is 9.71. The van der Waals surface area contributed by atoms with Crippen LogP contribution < -0.4 is 139 Å². The molecule has 0 aliphatic rings. The molecule has 0 bridgehead atoms. The topological polar surface area (TPSA) is 328 Å². The molecule has 0 fully saturated rings. The number of amides is 4. The van der Waals surface area contributed by atoms with E-state index >= 15 is 0 Å². The standard InChI is InChI=1S/C35H26N4O15S4.4Na/c40-33(38-31-17-27(57(49,50)51)15-21-13-25(55(43,44)45)7-9-29(21)31)19-3-1-5-23(11-19)36-35(42)37-24-6-2-4-20(12-24)34(41)39-32-18-28(58(52,53)54)16-22-14-26(56(46,47)48)8-10-30(22)32;;;;/h1-18H,(H,38,40)(H,39,41)(H2,36,37,42)(H,43,44,45)(H,46,47,48)(H,49,50,51)(H,52,53,54);;;;/q;4*+1/p-4. The second-order valence-corrected chi connectivity index (χ2v) is 17.7. The van der Waals surface area contributed by atoms with Gasteiger partial charge in [-0.1, -0.05) is 24.3 Å². The Kier molecular flexibility index (Phi) is 19.6. The third-order valence-electron chi connectivity index (χ3n) is 8.21. The van der Waals surface area contributed by atoms with Crippen molar-refractivity contribution >= 4 is 103 Å². The predicted octanol–water partition coefficient (Wildman–Crippen LogP) is -8.23. The molecule has 0 unspecified atom stereocenters. The fourth-order valence-electron chi connectivity index (χ4n) is 5.61. The monoisotopic (exact) mass is 958 g/mol. The summed E-state index contributed by atoms with van der Waals surface area (Å²) >= 11 is 0. The molecule has 0 saturated carbocycles. The van der Waals surface area contributed by atoms with E-state index in [4.69, 9.17) is 0 Å². The van der Waals surface area contributed by atoms with Crippen LogP contribution in [0.1, 0.15) is 20.7 Å². The quantitative estimate of drug-likeness (QED) is 0.0732. The van der Waals surface area contributed by atoms with Gasteiger partial charge in [0.1, 0.15) is 40.5 Å². The van der Waals surface area contributed by atoms with Crippen molar-refractivity contribution in [1.29, 1.82) is 0 Å². The average Bonchev–Trinajstić information content (AvgIpc) is 3.12. The first-order valence-corrected chi connectivity index (χ1v) is 21.5. The molecule has 4 N–H and O–H groups in total. The molecule has 0 atom stereocenters. The fourth-order valence-corrected chi connectivity index (χ4v) is 7.69. The maximum atomic E-state index is 13.3. The van der Waals surface area contributed by atoms with Crippen molar-refractivity contribution < 1.29 is 184 Å². The summed E-state index contributed by atoms with van der Waals surface area (Å²) in [7, 11) is -20.2. The molecular weight excluding hydrogens is 937 g/mol. The van der Waals surface area contributed by atoms with Crippen molar-refractivity contribution in [1.82, 2.24) is 0 Å². The fraction of sp³-hybridized carbons (Fsp3) is 0. The third kappa shape index (κ3) is 13.9. The number of benzene rings is 6. The normalized spacial score (nSPS) is 11.4. The molecule has 300 valence electrons. The zero-order chi connectivity index (χ0) is 42.4. The van der Waals surface area contributed by atoms with Crippen LogP contribution in [0.15, 0.2) is 129 Å². The summed E-state index contributed by atoms with van der Waals surface area (Å²) in [5.74, 6) is -1.71. The van der Waals surface area contributed by atoms with Crippen LogP contribution in [0.5, 0.6) is 0 Å². The van der Waals surface area contributed by atoms with Crippen LogP contribution in [-0.2, 0) is 40.5 Å². The number of rotatable bonds is 10. The van der Waals surface area contributed by atoms with Gasteiger partial charge in [-0.15, -0.1) is 0 Å². The van der Waals surface area contributed by atoms with E-state index in [-0.39, 0.29) is 174 Å². The van der Waals surface area contributed by atoms with Gasteiger partial charge in [-0.3, -0.25) is 9.59 Å². The molecule has 6 rings (SSSR count). The molecule has 0 aliphatic heterocycles. The number of anilines is 4. The van der Waals surface area contributed by atoms with Crippen LogP contribution >= 0.6 is 0 Å². The van der Waals surface area contributed by atoms with E-state index in [0.717, 1.165) is 60.7 Å². The van der Waals surface area contributed by atoms with E-state index in [9.17, 15) is 66.3 Å². The first-order chi connectivity index (χ1) is 27.0. The van der Waals surface area contributed by atoms with Gasteiger partial charge in [0.15, 0.2) is 0 Å². The van der Waals surface area contributed by atoms with Crippen molar-refractivity contribution in [3.63, 3.8) is 0 Å². The van der Waals surface area contributed by atoms with E-state index in [2.05, 4.69) is 21.3 Å². The molecule has 0 radical (unpaired) electrons. The van der Waals surface area contributed by atoms with Gasteiger partial charge in [-0.2, -0.15) is 0 Å². The summed E-state index contributed by atoms with van der Waals surface area (Å²) in [4.78, 5) is 36.4. The van der Waals surface area contributed by atoms with E-state index < -0.39 is 77.9 Å². The van der Waals surface area contributed by atoms with E-state index in [1.165, 1.54) is 48.5 Å². The predicted molar refractivity (Wildman–Crippen MR) is 201 cm³/mol. The van der Waals surface area contributed by atoms with Gasteiger partial charge in [-0.25, -0.2) is 38.5 Å². The Balaban J connectivity index is 0.00000331. The average molecular weight is 959 g/mol. The van der Waals surface area contributed by atoms with Crippen LogP contribution in [0.4, 0.5) is 27.5 Å². The van der Waals surface area contributed by atoms with E-state index in [1.54, 1.807) is 0 Å². The summed E-state index contributed by atoms with van der Waals surface area (Å²) < 4.78 is 140. The molecule has 0 aromatic heterocycles. The Hall–Kier alpha value is -2.31. The summed E-state index contributed by atoms with van der Waals surface area (Å²) in [6.45, 7) is 0. The van der Waals surface area contributed by atoms with Gasteiger partial charge in [0.2, 0.25) is 0 Å². The first-order valence-electron chi connectivity index (χ1n) is 15.9. The number of carbonyl (C=O) groups is 3. The van der Waals surface area contributed by atoms with Gasteiger partial charge in [-0.05, 0) is 95.7 Å². The Morgan fingerprint density at radius 1 is 0.387 bits per heavy atom. The van der Waals surface area contributed by atoms with Crippen molar-refractivity contribution in [3.05, 3.63) is 120 Å². The van der Waals surface area contributed by atoms with Crippen molar-refractivity contribution in [3.8, 4) is 0 Å². The van der Waals surface area contributed by atoms with Gasteiger partial charge in [0.05, 0.1) is 31.0 Å². The van der Waals surface area contributed by atoms with Gasteiger partial charge in [0, 0.05) is 33.3 Å². The Morgan fingerprint density at radius 2 is 0.710 bits per heavy atom. The summed E-state index contributed by atoms with van der Waals surface area (Å²) in [6.07, 6.45) is 0. The smallest absolute Gasteiger partial charge is 0.744 e. The molecule has 27 heteroatoms. The van der Waals surface area contributed by atoms with Crippen LogP contribution in [0.3, 0.4) is 0 Å². The van der Waals surface area contributed by atoms with Gasteiger partial charge in [0.25, 0.3) is 11.8 Å². The molecule has 6 aromatic carbocycles. The molecule has 62 heavy (non-hydrogen) atoms. The van der Waals surface area contributed by atoms with Gasteiger partial charge >= 0.3 is 124 Å². The summed E-state index contributed by atoms with van der Waals surface area (Å²) in [6, 6.07) is 19.1. The number of hydrogen-bond acceptors (Lipinski definition) is 15. The molecule has 0 spiro atoms. The van der Waals surface area contributed by atoms with Gasteiger partial charge < -0.3 is 39.5 Å². The van der Waals surface area contributed by atoms with Crippen molar-refractivity contribution in [2.24, 2.45) is 0 Å². The van der Waals surface area contributed by atoms with Crippen molar-refractivity contribution in [2.45, 2.75) is 19.6 Å². The molecule has 0 saturated heterocycles. The Bertz CT molecular complexity index is 2990. The molecule has 4 amide bonds. The third-order valence-corrected chi connectivity index (χ3v) is 11.5. The Labute approximate surface area is 442 Å². The maximum absolute atomic E-state index is 13.3. The van der Waals surface area contributed by atoms with E-state index in [1.807, 2.05) is 0 Å². The SMILES string of the molecule is O=C(Nc1cccc(C(=O)Nc2cc(S(=O)(=O)[O-])cc3cc(S(=O)(=O)[O-])ccc23)c1)Nc1cccc(C(=O)Nc2cc(S(=O)(=O)[O-])cc3cc(S(=O)(=O)[O-])ccc23)c1.[Na+].[Na+].[Na+].[Na+]. The minimum Gasteiger partial charge on any atom is -0.744 e. The van der Waals surface area contributed by atoms with Crippen LogP contribution in [-0.4, -0.2) is 69.7 Å². The first kappa shape index (κ1) is 55.8. The Morgan fingerprint density at radius 3 is 1.03 bits per heavy atom. The molecular formula is C35H22N4Na4O15S4. The van der Waals surface area contributed by atoms with Crippen LogP contribution in [0.25, 0.3) is 21.5 Å². The van der Waals surface area contributed by atoms with Crippen LogP contribution in [0.2, 0.25) is 0 Å². The molecule has 0 heterocycles. The number of nitrogens with one attached hydrogen (secondary N) is 4. The second-order valence-electron chi connectivity index (χ2n) is 12.2. The number of urea groups is 1.